The standard InChI is InChI=1S/C18H28N2O/c1-5-17-16-10-19-9-14(16)11-20(17)13(3)15-8-12(2)6-7-18(15)21-4/h6-8,13-14,16-17,19H,5,9-11H2,1-4H3. The molecule has 1 N–H and O–H groups in total. The van der Waals surface area contributed by atoms with Gasteiger partial charge in [-0.1, -0.05) is 24.6 Å². The molecule has 116 valence electrons. The molecule has 0 spiro atoms. The third kappa shape index (κ3) is 2.58. The summed E-state index contributed by atoms with van der Waals surface area (Å²) in [6, 6.07) is 7.67. The molecule has 2 aliphatic rings. The van der Waals surface area contributed by atoms with E-state index in [1.54, 1.807) is 7.11 Å². The zero-order valence-electron chi connectivity index (χ0n) is 13.7. The lowest BCUT2D eigenvalue weighted by Gasteiger charge is -2.33. The molecule has 3 heteroatoms. The van der Waals surface area contributed by atoms with Crippen molar-refractivity contribution in [2.45, 2.75) is 39.3 Å². The fraction of sp³-hybridized carbons (Fsp3) is 0.667. The Bertz CT molecular complexity index is 502. The van der Waals surface area contributed by atoms with Crippen molar-refractivity contribution in [1.82, 2.24) is 10.2 Å². The molecular weight excluding hydrogens is 260 g/mol. The SMILES string of the molecule is CCC1C2CNCC2CN1C(C)c1cc(C)ccc1OC. The molecule has 0 amide bonds. The van der Waals surface area contributed by atoms with Crippen LogP contribution in [-0.2, 0) is 0 Å². The molecular formula is C18H28N2O. The largest absolute Gasteiger partial charge is 0.496 e. The Kier molecular flexibility index (Phi) is 4.23. The first-order valence-electron chi connectivity index (χ1n) is 8.26. The molecule has 0 radical (unpaired) electrons. The van der Waals surface area contributed by atoms with Crippen LogP contribution in [0.3, 0.4) is 0 Å². The van der Waals surface area contributed by atoms with Gasteiger partial charge in [0.15, 0.2) is 0 Å². The summed E-state index contributed by atoms with van der Waals surface area (Å²) in [5.74, 6) is 2.68. The summed E-state index contributed by atoms with van der Waals surface area (Å²) in [5, 5.41) is 3.57. The Labute approximate surface area is 128 Å². The molecule has 0 aromatic heterocycles. The number of hydrogen-bond acceptors (Lipinski definition) is 3. The predicted molar refractivity (Wildman–Crippen MR) is 86.8 cm³/mol. The lowest BCUT2D eigenvalue weighted by molar-refractivity contribution is 0.163. The second-order valence-electron chi connectivity index (χ2n) is 6.68. The van der Waals surface area contributed by atoms with Gasteiger partial charge in [-0.15, -0.1) is 0 Å². The first kappa shape index (κ1) is 14.9. The minimum atomic E-state index is 0.426. The molecule has 0 bridgehead atoms. The summed E-state index contributed by atoms with van der Waals surface area (Å²) < 4.78 is 5.60. The van der Waals surface area contributed by atoms with Crippen LogP contribution >= 0.6 is 0 Å². The zero-order valence-corrected chi connectivity index (χ0v) is 13.7. The van der Waals surface area contributed by atoms with Crippen LogP contribution in [0.4, 0.5) is 0 Å². The molecule has 1 aromatic carbocycles. The number of fused-ring (bicyclic) bond motifs is 1. The molecule has 2 heterocycles. The fourth-order valence-corrected chi connectivity index (χ4v) is 4.40. The molecule has 2 fully saturated rings. The molecule has 2 saturated heterocycles. The highest BCUT2D eigenvalue weighted by Crippen LogP contribution is 2.41. The van der Waals surface area contributed by atoms with Crippen LogP contribution in [-0.4, -0.2) is 37.7 Å². The van der Waals surface area contributed by atoms with Gasteiger partial charge < -0.3 is 10.1 Å². The number of benzene rings is 1. The third-order valence-electron chi connectivity index (χ3n) is 5.51. The third-order valence-corrected chi connectivity index (χ3v) is 5.51. The molecule has 21 heavy (non-hydrogen) atoms. The van der Waals surface area contributed by atoms with Gasteiger partial charge in [0.1, 0.15) is 5.75 Å². The number of rotatable bonds is 4. The van der Waals surface area contributed by atoms with E-state index in [0.29, 0.717) is 12.1 Å². The number of nitrogens with one attached hydrogen (secondary N) is 1. The Hall–Kier alpha value is -1.06. The van der Waals surface area contributed by atoms with Crippen molar-refractivity contribution in [2.75, 3.05) is 26.7 Å². The van der Waals surface area contributed by atoms with E-state index in [2.05, 4.69) is 49.2 Å². The lowest BCUT2D eigenvalue weighted by atomic mass is 9.92. The van der Waals surface area contributed by atoms with Crippen LogP contribution in [0.25, 0.3) is 0 Å². The van der Waals surface area contributed by atoms with E-state index in [-0.39, 0.29) is 0 Å². The van der Waals surface area contributed by atoms with Crippen molar-refractivity contribution in [3.8, 4) is 5.75 Å². The maximum Gasteiger partial charge on any atom is 0.123 e. The predicted octanol–water partition coefficient (Wildman–Crippen LogP) is 2.99. The molecule has 3 nitrogen and oxygen atoms in total. The van der Waals surface area contributed by atoms with E-state index in [0.717, 1.165) is 17.6 Å². The highest BCUT2D eigenvalue weighted by atomic mass is 16.5. The van der Waals surface area contributed by atoms with Crippen LogP contribution in [0.2, 0.25) is 0 Å². The van der Waals surface area contributed by atoms with Gasteiger partial charge in [0.25, 0.3) is 0 Å². The van der Waals surface area contributed by atoms with E-state index in [4.69, 9.17) is 4.74 Å². The molecule has 3 rings (SSSR count). The monoisotopic (exact) mass is 288 g/mol. The molecule has 2 aliphatic heterocycles. The van der Waals surface area contributed by atoms with Gasteiger partial charge in [-0.2, -0.15) is 0 Å². The fourth-order valence-electron chi connectivity index (χ4n) is 4.40. The summed E-state index contributed by atoms with van der Waals surface area (Å²) in [5.41, 5.74) is 2.65. The second kappa shape index (κ2) is 5.98. The summed E-state index contributed by atoms with van der Waals surface area (Å²) in [6.45, 7) is 10.4. The van der Waals surface area contributed by atoms with Gasteiger partial charge in [-0.05, 0) is 51.3 Å². The van der Waals surface area contributed by atoms with Gasteiger partial charge in [0, 0.05) is 24.2 Å². The normalized spacial score (nSPS) is 30.4. The van der Waals surface area contributed by atoms with Gasteiger partial charge in [0.2, 0.25) is 0 Å². The molecule has 4 unspecified atom stereocenters. The summed E-state index contributed by atoms with van der Waals surface area (Å²) in [7, 11) is 1.78. The van der Waals surface area contributed by atoms with Crippen molar-refractivity contribution < 1.29 is 4.74 Å². The average Bonchev–Trinajstić information content (AvgIpc) is 3.06. The Morgan fingerprint density at radius 3 is 2.90 bits per heavy atom. The van der Waals surface area contributed by atoms with Crippen molar-refractivity contribution in [2.24, 2.45) is 11.8 Å². The van der Waals surface area contributed by atoms with E-state index in [9.17, 15) is 0 Å². The number of hydrogen-bond donors (Lipinski definition) is 1. The van der Waals surface area contributed by atoms with Gasteiger partial charge in [-0.25, -0.2) is 0 Å². The molecule has 1 aromatic rings. The maximum atomic E-state index is 5.60. The number of aryl methyl sites for hydroxylation is 1. The van der Waals surface area contributed by atoms with Crippen molar-refractivity contribution in [3.63, 3.8) is 0 Å². The highest BCUT2D eigenvalue weighted by Gasteiger charge is 2.45. The number of methoxy groups -OCH3 is 1. The molecule has 0 aliphatic carbocycles. The summed E-state index contributed by atoms with van der Waals surface area (Å²) in [4.78, 5) is 2.72. The van der Waals surface area contributed by atoms with Crippen molar-refractivity contribution in [1.29, 1.82) is 0 Å². The van der Waals surface area contributed by atoms with Gasteiger partial charge in [-0.3, -0.25) is 4.90 Å². The number of ether oxygens (including phenoxy) is 1. The van der Waals surface area contributed by atoms with Crippen LogP contribution < -0.4 is 10.1 Å². The van der Waals surface area contributed by atoms with E-state index < -0.39 is 0 Å². The highest BCUT2D eigenvalue weighted by molar-refractivity contribution is 5.39. The van der Waals surface area contributed by atoms with Crippen LogP contribution in [0.5, 0.6) is 5.75 Å². The first-order chi connectivity index (χ1) is 10.2. The quantitative estimate of drug-likeness (QED) is 0.922. The van der Waals surface area contributed by atoms with E-state index >= 15 is 0 Å². The lowest BCUT2D eigenvalue weighted by Crippen LogP contribution is -2.37. The topological polar surface area (TPSA) is 24.5 Å². The number of likely N-dealkylation sites (tertiary alicyclic amines) is 1. The molecule has 4 atom stereocenters. The first-order valence-corrected chi connectivity index (χ1v) is 8.26. The number of nitrogens with zero attached hydrogens (tertiary/aromatic N) is 1. The minimum Gasteiger partial charge on any atom is -0.496 e. The average molecular weight is 288 g/mol. The minimum absolute atomic E-state index is 0.426. The van der Waals surface area contributed by atoms with Crippen LogP contribution in [0.1, 0.15) is 37.4 Å². The summed E-state index contributed by atoms with van der Waals surface area (Å²) in [6.07, 6.45) is 1.24. The Morgan fingerprint density at radius 2 is 2.19 bits per heavy atom. The second-order valence-corrected chi connectivity index (χ2v) is 6.68. The Balaban J connectivity index is 1.88. The van der Waals surface area contributed by atoms with Crippen LogP contribution in [0, 0.1) is 18.8 Å². The maximum absolute atomic E-state index is 5.60. The van der Waals surface area contributed by atoms with Crippen LogP contribution in [0.15, 0.2) is 18.2 Å². The Morgan fingerprint density at radius 1 is 1.38 bits per heavy atom. The summed E-state index contributed by atoms with van der Waals surface area (Å²) >= 11 is 0. The zero-order chi connectivity index (χ0) is 15.0. The smallest absolute Gasteiger partial charge is 0.123 e. The van der Waals surface area contributed by atoms with Crippen molar-refractivity contribution in [3.05, 3.63) is 29.3 Å². The van der Waals surface area contributed by atoms with Gasteiger partial charge >= 0.3 is 0 Å². The van der Waals surface area contributed by atoms with Crippen molar-refractivity contribution >= 4 is 0 Å². The van der Waals surface area contributed by atoms with Gasteiger partial charge in [0.05, 0.1) is 7.11 Å². The van der Waals surface area contributed by atoms with E-state index in [1.165, 1.54) is 37.2 Å². The molecule has 0 saturated carbocycles. The van der Waals surface area contributed by atoms with E-state index in [1.807, 2.05) is 0 Å².